The molecule has 0 aliphatic carbocycles. The van der Waals surface area contributed by atoms with Crippen LogP contribution in [0.1, 0.15) is 16.7 Å². The van der Waals surface area contributed by atoms with E-state index in [1.165, 1.54) is 6.07 Å². The maximum atomic E-state index is 11.6. The monoisotopic (exact) mass is 401 g/mol. The normalized spacial score (nSPS) is 11.7. The largest absolute Gasteiger partial charge is 0.487 e. The molecule has 6 heteroatoms. The molecule has 1 aromatic heterocycles. The third kappa shape index (κ3) is 3.74. The van der Waals surface area contributed by atoms with Crippen molar-refractivity contribution in [3.63, 3.8) is 0 Å². The van der Waals surface area contributed by atoms with Crippen LogP contribution in [0.25, 0.3) is 11.0 Å². The fraction of sp³-hybridized carbons (Fsp3) is 0.158. The number of fused-ring (bicyclic) bond motifs is 1. The van der Waals surface area contributed by atoms with Gasteiger partial charge in [-0.1, -0.05) is 33.2 Å². The lowest BCUT2D eigenvalue weighted by Gasteiger charge is -2.11. The van der Waals surface area contributed by atoms with Gasteiger partial charge in [0.25, 0.3) is 0 Å². The van der Waals surface area contributed by atoms with Gasteiger partial charge in [-0.3, -0.25) is 0 Å². The van der Waals surface area contributed by atoms with Crippen LogP contribution in [0.2, 0.25) is 0 Å². The Morgan fingerprint density at radius 1 is 1.16 bits per heavy atom. The molecule has 1 heterocycles. The van der Waals surface area contributed by atoms with Crippen molar-refractivity contribution < 1.29 is 14.4 Å². The molecule has 0 radical (unpaired) electrons. The van der Waals surface area contributed by atoms with E-state index in [9.17, 15) is 10.0 Å². The molecule has 0 atom stereocenters. The van der Waals surface area contributed by atoms with Gasteiger partial charge in [0.15, 0.2) is 0 Å². The number of rotatable bonds is 4. The average Bonchev–Trinajstić information content (AvgIpc) is 2.56. The first-order chi connectivity index (χ1) is 12.0. The van der Waals surface area contributed by atoms with E-state index in [4.69, 9.17) is 9.15 Å². The van der Waals surface area contributed by atoms with Crippen molar-refractivity contribution in [3.8, 4) is 5.75 Å². The van der Waals surface area contributed by atoms with Crippen molar-refractivity contribution >= 4 is 32.6 Å². The van der Waals surface area contributed by atoms with E-state index >= 15 is 0 Å². The number of nitrogens with zero attached hydrogens (tertiary/aromatic N) is 1. The van der Waals surface area contributed by atoms with Crippen LogP contribution in [0.5, 0.6) is 5.75 Å². The van der Waals surface area contributed by atoms with Crippen molar-refractivity contribution in [2.75, 3.05) is 6.61 Å². The summed E-state index contributed by atoms with van der Waals surface area (Å²) in [4.78, 5) is 11.6. The predicted molar refractivity (Wildman–Crippen MR) is 99.9 cm³/mol. The standard InChI is InChI=1S/C19H16BrNO4/c1-11-7-15(9-17-19(11)12(2)8-18(22)25-17)24-10-16(21-23)13-3-5-14(20)6-4-13/h3-9,23H,10H2,1-2H3. The summed E-state index contributed by atoms with van der Waals surface area (Å²) in [6.45, 7) is 3.88. The highest BCUT2D eigenvalue weighted by atomic mass is 79.9. The fourth-order valence-electron chi connectivity index (χ4n) is 2.74. The summed E-state index contributed by atoms with van der Waals surface area (Å²) in [5, 5.41) is 13.5. The Morgan fingerprint density at radius 2 is 1.84 bits per heavy atom. The number of halogens is 1. The Morgan fingerprint density at radius 3 is 2.52 bits per heavy atom. The van der Waals surface area contributed by atoms with Crippen molar-refractivity contribution in [2.24, 2.45) is 5.16 Å². The smallest absolute Gasteiger partial charge is 0.336 e. The van der Waals surface area contributed by atoms with Gasteiger partial charge in [-0.15, -0.1) is 0 Å². The highest BCUT2D eigenvalue weighted by molar-refractivity contribution is 9.10. The molecular formula is C19H16BrNO4. The molecule has 3 rings (SSSR count). The molecule has 25 heavy (non-hydrogen) atoms. The van der Waals surface area contributed by atoms with Crippen LogP contribution in [0.15, 0.2) is 61.3 Å². The number of hydrogen-bond acceptors (Lipinski definition) is 5. The molecular weight excluding hydrogens is 386 g/mol. The summed E-state index contributed by atoms with van der Waals surface area (Å²) in [5.41, 5.74) is 3.05. The Hall–Kier alpha value is -2.60. The molecule has 0 saturated heterocycles. The van der Waals surface area contributed by atoms with E-state index in [1.54, 1.807) is 6.07 Å². The van der Waals surface area contributed by atoms with Crippen LogP contribution in [0.3, 0.4) is 0 Å². The maximum Gasteiger partial charge on any atom is 0.336 e. The van der Waals surface area contributed by atoms with Crippen molar-refractivity contribution in [2.45, 2.75) is 13.8 Å². The van der Waals surface area contributed by atoms with Gasteiger partial charge in [0.1, 0.15) is 23.7 Å². The summed E-state index contributed by atoms with van der Waals surface area (Å²) < 4.78 is 12.0. The molecule has 0 bridgehead atoms. The first-order valence-electron chi connectivity index (χ1n) is 7.62. The molecule has 0 amide bonds. The third-order valence-electron chi connectivity index (χ3n) is 3.89. The molecule has 128 valence electrons. The van der Waals surface area contributed by atoms with E-state index in [0.29, 0.717) is 17.0 Å². The van der Waals surface area contributed by atoms with Crippen molar-refractivity contribution in [1.82, 2.24) is 0 Å². The van der Waals surface area contributed by atoms with Crippen LogP contribution >= 0.6 is 15.9 Å². The van der Waals surface area contributed by atoms with Gasteiger partial charge in [0.2, 0.25) is 0 Å². The summed E-state index contributed by atoms with van der Waals surface area (Å²) >= 11 is 3.37. The van der Waals surface area contributed by atoms with Crippen molar-refractivity contribution in [1.29, 1.82) is 0 Å². The minimum atomic E-state index is -0.394. The third-order valence-corrected chi connectivity index (χ3v) is 4.41. The molecule has 1 N–H and O–H groups in total. The second kappa shape index (κ2) is 7.11. The lowest BCUT2D eigenvalue weighted by atomic mass is 10.1. The number of benzene rings is 2. The predicted octanol–water partition coefficient (Wildman–Crippen LogP) is 4.43. The van der Waals surface area contributed by atoms with Crippen LogP contribution in [-0.4, -0.2) is 17.5 Å². The van der Waals surface area contributed by atoms with E-state index in [1.807, 2.05) is 44.2 Å². The lowest BCUT2D eigenvalue weighted by Crippen LogP contribution is -2.13. The first kappa shape index (κ1) is 17.2. The number of aryl methyl sites for hydroxylation is 2. The molecule has 0 fully saturated rings. The van der Waals surface area contributed by atoms with Crippen LogP contribution < -0.4 is 10.4 Å². The van der Waals surface area contributed by atoms with E-state index < -0.39 is 5.63 Å². The van der Waals surface area contributed by atoms with Gasteiger partial charge >= 0.3 is 5.63 Å². The summed E-state index contributed by atoms with van der Waals surface area (Å²) in [6, 6.07) is 12.4. The van der Waals surface area contributed by atoms with E-state index in [0.717, 1.165) is 26.5 Å². The Bertz CT molecular complexity index is 1010. The highest BCUT2D eigenvalue weighted by Gasteiger charge is 2.10. The lowest BCUT2D eigenvalue weighted by molar-refractivity contribution is 0.308. The Kier molecular flexibility index (Phi) is 4.90. The highest BCUT2D eigenvalue weighted by Crippen LogP contribution is 2.26. The second-order valence-electron chi connectivity index (χ2n) is 5.70. The quantitative estimate of drug-likeness (QED) is 0.303. The molecule has 0 unspecified atom stereocenters. The number of oxime groups is 1. The second-order valence-corrected chi connectivity index (χ2v) is 6.62. The van der Waals surface area contributed by atoms with Gasteiger partial charge in [0.05, 0.1) is 0 Å². The van der Waals surface area contributed by atoms with E-state index in [2.05, 4.69) is 21.1 Å². The SMILES string of the molecule is Cc1cc(OCC(=NO)c2ccc(Br)cc2)cc2oc(=O)cc(C)c12. The van der Waals surface area contributed by atoms with Crippen LogP contribution in [0, 0.1) is 13.8 Å². The summed E-state index contributed by atoms with van der Waals surface area (Å²) in [7, 11) is 0. The van der Waals surface area contributed by atoms with Gasteiger partial charge in [-0.25, -0.2) is 4.79 Å². The summed E-state index contributed by atoms with van der Waals surface area (Å²) in [5.74, 6) is 0.539. The van der Waals surface area contributed by atoms with Crippen LogP contribution in [-0.2, 0) is 0 Å². The minimum absolute atomic E-state index is 0.0825. The topological polar surface area (TPSA) is 72.0 Å². The van der Waals surface area contributed by atoms with Crippen molar-refractivity contribution in [3.05, 3.63) is 74.0 Å². The minimum Gasteiger partial charge on any atom is -0.487 e. The summed E-state index contributed by atoms with van der Waals surface area (Å²) in [6.07, 6.45) is 0. The molecule has 0 aliphatic heterocycles. The molecule has 0 aliphatic rings. The number of hydrogen-bond donors (Lipinski definition) is 1. The van der Waals surface area contributed by atoms with Gasteiger partial charge in [-0.2, -0.15) is 0 Å². The zero-order chi connectivity index (χ0) is 18.0. The van der Waals surface area contributed by atoms with Gasteiger partial charge < -0.3 is 14.4 Å². The fourth-order valence-corrected chi connectivity index (χ4v) is 3.01. The molecule has 0 saturated carbocycles. The van der Waals surface area contributed by atoms with E-state index in [-0.39, 0.29) is 6.61 Å². The average molecular weight is 402 g/mol. The zero-order valence-electron chi connectivity index (χ0n) is 13.7. The van der Waals surface area contributed by atoms with Crippen LogP contribution in [0.4, 0.5) is 0 Å². The molecule has 0 spiro atoms. The maximum absolute atomic E-state index is 11.6. The molecule has 5 nitrogen and oxygen atoms in total. The molecule has 2 aromatic carbocycles. The number of ether oxygens (including phenoxy) is 1. The van der Waals surface area contributed by atoms with Gasteiger partial charge in [0, 0.05) is 27.6 Å². The Labute approximate surface area is 152 Å². The van der Waals surface area contributed by atoms with Gasteiger partial charge in [-0.05, 0) is 43.2 Å². The first-order valence-corrected chi connectivity index (χ1v) is 8.42. The molecule has 3 aromatic rings. The Balaban J connectivity index is 1.88. The zero-order valence-corrected chi connectivity index (χ0v) is 15.3.